The number of aryl methyl sites for hydroxylation is 1. The molecule has 0 aliphatic carbocycles. The van der Waals surface area contributed by atoms with Crippen molar-refractivity contribution < 1.29 is 51.0 Å². The van der Waals surface area contributed by atoms with Crippen LogP contribution in [0, 0.1) is 0 Å². The summed E-state index contributed by atoms with van der Waals surface area (Å²) in [6.07, 6.45) is 0.928. The molecule has 48 heavy (non-hydrogen) atoms. The van der Waals surface area contributed by atoms with Crippen molar-refractivity contribution in [3.63, 3.8) is 0 Å². The van der Waals surface area contributed by atoms with Gasteiger partial charge in [-0.25, -0.2) is 9.78 Å². The number of nitrogens with two attached hydrogens (primary N) is 3. The number of carbonyl (C=O) groups is 3. The molecule has 2 amide bonds. The van der Waals surface area contributed by atoms with Crippen molar-refractivity contribution in [2.24, 2.45) is 17.9 Å². The molecule has 1 saturated heterocycles. The number of thiazole rings is 1. The van der Waals surface area contributed by atoms with Crippen LogP contribution in [0.5, 0.6) is 5.75 Å². The number of carboxylic acids is 1. The average molecular weight is 731 g/mol. The van der Waals surface area contributed by atoms with E-state index in [4.69, 9.17) is 42.9 Å². The molecule has 9 N–H and O–H groups in total. The van der Waals surface area contributed by atoms with Crippen molar-refractivity contribution in [2.75, 3.05) is 24.6 Å². The van der Waals surface area contributed by atoms with E-state index in [-0.39, 0.29) is 15.2 Å². The highest BCUT2D eigenvalue weighted by molar-refractivity contribution is 7.80. The van der Waals surface area contributed by atoms with Gasteiger partial charge in [0.15, 0.2) is 23.2 Å². The highest BCUT2D eigenvalue weighted by Crippen LogP contribution is 2.33. The first-order valence-corrected chi connectivity index (χ1v) is 16.5. The number of aromatic nitrogens is 3. The number of benzene rings is 1. The Labute approximate surface area is 282 Å². The van der Waals surface area contributed by atoms with E-state index in [1.54, 1.807) is 24.3 Å². The van der Waals surface area contributed by atoms with Gasteiger partial charge in [0.2, 0.25) is 6.20 Å². The van der Waals surface area contributed by atoms with Crippen molar-refractivity contribution in [3.05, 3.63) is 40.5 Å². The fraction of sp³-hybridized carbons (Fsp3) is 0.385. The van der Waals surface area contributed by atoms with Crippen LogP contribution in [-0.2, 0) is 47.5 Å². The Hall–Kier alpha value is -4.54. The summed E-state index contributed by atoms with van der Waals surface area (Å²) >= 11 is 6.96. The van der Waals surface area contributed by atoms with Gasteiger partial charge in [-0.2, -0.15) is 13.5 Å². The summed E-state index contributed by atoms with van der Waals surface area (Å²) in [5, 5.41) is 16.1. The third kappa shape index (κ3) is 7.94. The second kappa shape index (κ2) is 14.3. The van der Waals surface area contributed by atoms with Gasteiger partial charge in [-0.15, -0.1) is 13.6 Å². The number of hydroxylamine groups is 2. The minimum absolute atomic E-state index is 0.0625. The average Bonchev–Trinajstić information content (AvgIpc) is 3.50. The number of β-lactam (4-membered cyclic amide) rings is 1. The maximum absolute atomic E-state index is 13.3. The summed E-state index contributed by atoms with van der Waals surface area (Å²) in [7, 11) is -3.21. The lowest BCUT2D eigenvalue weighted by Crippen LogP contribution is -2.76. The van der Waals surface area contributed by atoms with Crippen molar-refractivity contribution in [1.29, 1.82) is 0 Å². The lowest BCUT2D eigenvalue weighted by molar-refractivity contribution is -0.772. The molecule has 0 radical (unpaired) electrons. The molecule has 4 rings (SSSR count). The van der Waals surface area contributed by atoms with Crippen LogP contribution in [0.1, 0.15) is 26.0 Å². The number of nitrogen functional groups attached to an aromatic ring is 2. The molecule has 0 saturated carbocycles. The van der Waals surface area contributed by atoms with Crippen LogP contribution in [0.2, 0.25) is 4.34 Å². The first kappa shape index (κ1) is 36.3. The van der Waals surface area contributed by atoms with Gasteiger partial charge in [-0.1, -0.05) is 40.2 Å². The molecule has 260 valence electrons. The maximum Gasteiger partial charge on any atom is 0.418 e. The monoisotopic (exact) mass is 730 g/mol. The van der Waals surface area contributed by atoms with Gasteiger partial charge in [0, 0.05) is 6.42 Å². The van der Waals surface area contributed by atoms with E-state index in [2.05, 4.69) is 19.7 Å². The molecule has 1 fully saturated rings. The summed E-state index contributed by atoms with van der Waals surface area (Å²) in [6, 6.07) is 5.32. The van der Waals surface area contributed by atoms with Crippen molar-refractivity contribution in [1.82, 2.24) is 20.0 Å². The molecule has 3 heterocycles. The first-order valence-electron chi connectivity index (χ1n) is 13.9. The molecule has 2 atom stereocenters. The predicted octanol–water partition coefficient (Wildman–Crippen LogP) is -0.304. The lowest BCUT2D eigenvalue weighted by Gasteiger charge is -2.50. The van der Waals surface area contributed by atoms with Crippen LogP contribution in [0.25, 0.3) is 11.1 Å². The summed E-state index contributed by atoms with van der Waals surface area (Å²) in [4.78, 5) is 47.0. The Morgan fingerprint density at radius 2 is 1.94 bits per heavy atom. The van der Waals surface area contributed by atoms with Crippen molar-refractivity contribution in [2.45, 2.75) is 44.5 Å². The van der Waals surface area contributed by atoms with E-state index in [9.17, 15) is 27.9 Å². The molecular formula is C26H33ClN9O10S2+. The van der Waals surface area contributed by atoms with Crippen LogP contribution >= 0.6 is 22.9 Å². The number of ether oxygens (including phenoxy) is 1. The highest BCUT2D eigenvalue weighted by Gasteiger charge is 2.58. The number of nitrogens with one attached hydrogen (secondary N) is 1. The number of aliphatic carboxylic acids is 1. The molecule has 19 nitrogen and oxygen atoms in total. The number of carbonyl (C=O) groups excluding carboxylic acids is 2. The van der Waals surface area contributed by atoms with Gasteiger partial charge in [-0.3, -0.25) is 14.1 Å². The number of hydrogen-bond donors (Lipinski definition) is 6. The number of rotatable bonds is 15. The largest absolute Gasteiger partial charge is 0.489 e. The van der Waals surface area contributed by atoms with E-state index in [1.807, 2.05) is 22.6 Å². The number of hydrogen-bond acceptors (Lipinski definition) is 14. The molecule has 1 aromatic carbocycles. The molecular weight excluding hydrogens is 698 g/mol. The Bertz CT molecular complexity index is 1840. The Morgan fingerprint density at radius 1 is 1.27 bits per heavy atom. The van der Waals surface area contributed by atoms with Gasteiger partial charge < -0.3 is 37.2 Å². The van der Waals surface area contributed by atoms with Crippen LogP contribution < -0.4 is 31.9 Å². The number of oxime groups is 1. The standard InChI is InChI=1S/C26H32ClN9O10S2/c1-26(2)19(23(38)36(26)46-48(41,42)43)32-22(37)18(17-20(27)47-25(30)31-17)33-45-16(24(39)40)12-44-14-7-5-13(6-8-14)15-11-35(10-4-9-28)34(3)21(15)29/h5-8,11,16,19,29H,4,9-10,12,28H2,1-3H3,(H5,30,31,32,37,39,40,41,42,43)/p+1/b33-18-/t16-,19?/m0/s1. The van der Waals surface area contributed by atoms with Crippen LogP contribution in [0.15, 0.2) is 35.6 Å². The predicted molar refractivity (Wildman–Crippen MR) is 171 cm³/mol. The van der Waals surface area contributed by atoms with E-state index in [0.717, 1.165) is 28.9 Å². The summed E-state index contributed by atoms with van der Waals surface area (Å²) < 4.78 is 44.7. The smallest absolute Gasteiger partial charge is 0.418 e. The van der Waals surface area contributed by atoms with Gasteiger partial charge in [0.25, 0.3) is 17.9 Å². The normalized spacial score (nSPS) is 16.7. The first-order chi connectivity index (χ1) is 22.4. The minimum atomic E-state index is -5.04. The topological polar surface area (TPSA) is 281 Å². The molecule has 1 unspecified atom stereocenters. The van der Waals surface area contributed by atoms with Crippen molar-refractivity contribution in [3.8, 4) is 16.9 Å². The van der Waals surface area contributed by atoms with E-state index in [0.29, 0.717) is 29.7 Å². The highest BCUT2D eigenvalue weighted by atomic mass is 35.5. The second-order valence-electron chi connectivity index (χ2n) is 10.8. The van der Waals surface area contributed by atoms with Gasteiger partial charge in [-0.05, 0) is 38.1 Å². The van der Waals surface area contributed by atoms with Crippen LogP contribution in [0.4, 0.5) is 10.9 Å². The zero-order chi connectivity index (χ0) is 35.6. The third-order valence-electron chi connectivity index (χ3n) is 7.16. The fourth-order valence-corrected chi connectivity index (χ4v) is 5.93. The number of anilines is 2. The quantitative estimate of drug-likeness (QED) is 0.0385. The Morgan fingerprint density at radius 3 is 2.48 bits per heavy atom. The Balaban J connectivity index is 1.49. The minimum Gasteiger partial charge on any atom is -0.489 e. The van der Waals surface area contributed by atoms with Crippen LogP contribution in [-0.4, -0.2) is 87.1 Å². The molecule has 0 bridgehead atoms. The van der Waals surface area contributed by atoms with Crippen molar-refractivity contribution >= 4 is 67.8 Å². The zero-order valence-corrected chi connectivity index (χ0v) is 28.1. The maximum atomic E-state index is 13.3. The summed E-state index contributed by atoms with van der Waals surface area (Å²) in [5.74, 6) is -2.80. The molecule has 22 heteroatoms. The van der Waals surface area contributed by atoms with E-state index >= 15 is 0 Å². The molecule has 3 aromatic rings. The van der Waals surface area contributed by atoms with Gasteiger partial charge in [0.1, 0.15) is 28.4 Å². The molecule has 1 aliphatic heterocycles. The summed E-state index contributed by atoms with van der Waals surface area (Å²) in [6.45, 7) is 3.34. The molecule has 0 spiro atoms. The van der Waals surface area contributed by atoms with Gasteiger partial charge in [0.05, 0.1) is 18.2 Å². The SMILES string of the molecule is Cn1c(N)c(-c2ccc(OC[C@H](O/N=C(\C(=O)NC3C(=O)N(OS(=O)(=O)O)C3(C)C)c3nc(N)sc3Cl)C(=O)O)cc2)c[n+]1CCCN. The number of carboxylic acid groups (broad SMARTS) is 1. The molecule has 2 aromatic heterocycles. The third-order valence-corrected chi connectivity index (χ3v) is 8.58. The molecule has 1 aliphatic rings. The lowest BCUT2D eigenvalue weighted by atomic mass is 9.84. The van der Waals surface area contributed by atoms with Gasteiger partial charge >= 0.3 is 16.4 Å². The Kier molecular flexibility index (Phi) is 10.8. The van der Waals surface area contributed by atoms with E-state index < -0.39 is 58.2 Å². The fourth-order valence-electron chi connectivity index (χ4n) is 4.55. The zero-order valence-electron chi connectivity index (χ0n) is 25.7. The number of halogens is 1. The van der Waals surface area contributed by atoms with E-state index in [1.165, 1.54) is 13.8 Å². The number of amides is 2. The van der Waals surface area contributed by atoms with Crippen LogP contribution in [0.3, 0.4) is 0 Å². The number of nitrogens with zero attached hydrogens (tertiary/aromatic N) is 5. The summed E-state index contributed by atoms with van der Waals surface area (Å²) in [5.41, 5.74) is 16.8. The second-order valence-corrected chi connectivity index (χ2v) is 13.5.